The van der Waals surface area contributed by atoms with E-state index in [0.29, 0.717) is 0 Å². The van der Waals surface area contributed by atoms with Crippen molar-refractivity contribution in [3.8, 4) is 0 Å². The number of hydrogen-bond acceptors (Lipinski definition) is 5. The van der Waals surface area contributed by atoms with E-state index in [1.807, 2.05) is 30.9 Å². The SMILES string of the molecule is CSc1ccc2nc(N3CCN(C(=O)c4cc(C)ccc4C)CC3)sc2c1. The van der Waals surface area contributed by atoms with Gasteiger partial charge in [0, 0.05) is 36.6 Å². The average molecular weight is 398 g/mol. The van der Waals surface area contributed by atoms with Gasteiger partial charge in [-0.15, -0.1) is 11.8 Å². The van der Waals surface area contributed by atoms with Crippen molar-refractivity contribution in [3.63, 3.8) is 0 Å². The number of nitrogens with zero attached hydrogens (tertiary/aromatic N) is 3. The number of carbonyl (C=O) groups is 1. The zero-order chi connectivity index (χ0) is 19.0. The van der Waals surface area contributed by atoms with Crippen molar-refractivity contribution in [2.24, 2.45) is 0 Å². The van der Waals surface area contributed by atoms with Crippen LogP contribution in [-0.2, 0) is 0 Å². The molecule has 3 aromatic rings. The van der Waals surface area contributed by atoms with Crippen LogP contribution in [0.5, 0.6) is 0 Å². The summed E-state index contributed by atoms with van der Waals surface area (Å²) < 4.78 is 1.23. The van der Waals surface area contributed by atoms with Gasteiger partial charge >= 0.3 is 0 Å². The van der Waals surface area contributed by atoms with E-state index in [4.69, 9.17) is 4.98 Å². The van der Waals surface area contributed by atoms with E-state index in [0.717, 1.165) is 53.5 Å². The molecule has 4 rings (SSSR count). The van der Waals surface area contributed by atoms with Crippen molar-refractivity contribution in [1.29, 1.82) is 0 Å². The second-order valence-electron chi connectivity index (χ2n) is 6.93. The number of piperazine rings is 1. The maximum atomic E-state index is 12.9. The van der Waals surface area contributed by atoms with Crippen LogP contribution in [0.15, 0.2) is 41.3 Å². The molecule has 1 aliphatic rings. The fourth-order valence-electron chi connectivity index (χ4n) is 3.39. The molecule has 140 valence electrons. The van der Waals surface area contributed by atoms with Crippen molar-refractivity contribution >= 4 is 44.4 Å². The van der Waals surface area contributed by atoms with Gasteiger partial charge in [-0.3, -0.25) is 4.79 Å². The van der Waals surface area contributed by atoms with Crippen molar-refractivity contribution in [1.82, 2.24) is 9.88 Å². The lowest BCUT2D eigenvalue weighted by Gasteiger charge is -2.34. The molecular weight excluding hydrogens is 374 g/mol. The summed E-state index contributed by atoms with van der Waals surface area (Å²) >= 11 is 3.49. The lowest BCUT2D eigenvalue weighted by Crippen LogP contribution is -2.48. The maximum Gasteiger partial charge on any atom is 0.254 e. The molecule has 0 spiro atoms. The van der Waals surface area contributed by atoms with E-state index < -0.39 is 0 Å². The monoisotopic (exact) mass is 397 g/mol. The fraction of sp³-hybridized carbons (Fsp3) is 0.333. The minimum Gasteiger partial charge on any atom is -0.345 e. The second kappa shape index (κ2) is 7.52. The van der Waals surface area contributed by atoms with Gasteiger partial charge in [0.15, 0.2) is 5.13 Å². The number of thioether (sulfide) groups is 1. The van der Waals surface area contributed by atoms with Gasteiger partial charge in [-0.25, -0.2) is 4.98 Å². The molecule has 0 unspecified atom stereocenters. The highest BCUT2D eigenvalue weighted by atomic mass is 32.2. The van der Waals surface area contributed by atoms with Gasteiger partial charge in [-0.05, 0) is 49.9 Å². The number of fused-ring (bicyclic) bond motifs is 1. The van der Waals surface area contributed by atoms with Gasteiger partial charge in [-0.2, -0.15) is 0 Å². The number of aromatic nitrogens is 1. The van der Waals surface area contributed by atoms with Crippen LogP contribution in [-0.4, -0.2) is 48.2 Å². The van der Waals surface area contributed by atoms with Crippen LogP contribution >= 0.6 is 23.1 Å². The van der Waals surface area contributed by atoms with Crippen LogP contribution in [0.25, 0.3) is 10.2 Å². The normalized spacial score (nSPS) is 14.8. The number of aryl methyl sites for hydroxylation is 2. The first-order chi connectivity index (χ1) is 13.0. The predicted molar refractivity (Wildman–Crippen MR) is 115 cm³/mol. The first-order valence-corrected chi connectivity index (χ1v) is 11.2. The molecule has 0 atom stereocenters. The quantitative estimate of drug-likeness (QED) is 0.605. The Bertz CT molecular complexity index is 990. The van der Waals surface area contributed by atoms with Gasteiger partial charge in [0.05, 0.1) is 10.2 Å². The summed E-state index contributed by atoms with van der Waals surface area (Å²) in [5.74, 6) is 0.143. The van der Waals surface area contributed by atoms with Gasteiger partial charge in [0.1, 0.15) is 0 Å². The van der Waals surface area contributed by atoms with E-state index >= 15 is 0 Å². The van der Waals surface area contributed by atoms with E-state index in [-0.39, 0.29) is 5.91 Å². The Morgan fingerprint density at radius 3 is 2.59 bits per heavy atom. The third-order valence-electron chi connectivity index (χ3n) is 5.05. The third-order valence-corrected chi connectivity index (χ3v) is 6.85. The first-order valence-electron chi connectivity index (χ1n) is 9.11. The van der Waals surface area contributed by atoms with Crippen LogP contribution in [0, 0.1) is 13.8 Å². The molecule has 4 nitrogen and oxygen atoms in total. The predicted octanol–water partition coefficient (Wildman–Crippen LogP) is 4.60. The smallest absolute Gasteiger partial charge is 0.254 e. The average Bonchev–Trinajstić information content (AvgIpc) is 3.12. The zero-order valence-corrected chi connectivity index (χ0v) is 17.5. The molecule has 27 heavy (non-hydrogen) atoms. The summed E-state index contributed by atoms with van der Waals surface area (Å²) in [6, 6.07) is 12.5. The molecule has 0 aliphatic carbocycles. The number of carbonyl (C=O) groups excluding carboxylic acids is 1. The lowest BCUT2D eigenvalue weighted by atomic mass is 10.0. The van der Waals surface area contributed by atoms with Crippen LogP contribution in [0.2, 0.25) is 0 Å². The number of benzene rings is 2. The molecule has 0 radical (unpaired) electrons. The van der Waals surface area contributed by atoms with Crippen molar-refractivity contribution in [3.05, 3.63) is 53.1 Å². The Balaban J connectivity index is 1.47. The van der Waals surface area contributed by atoms with Gasteiger partial charge < -0.3 is 9.80 Å². The van der Waals surface area contributed by atoms with Gasteiger partial charge in [0.25, 0.3) is 5.91 Å². The Hall–Kier alpha value is -2.05. The van der Waals surface area contributed by atoms with Crippen LogP contribution in [0.4, 0.5) is 5.13 Å². The molecule has 2 heterocycles. The Morgan fingerprint density at radius 2 is 1.85 bits per heavy atom. The standard InChI is InChI=1S/C21H23N3OS2/c1-14-4-5-15(2)17(12-14)20(25)23-8-10-24(11-9-23)21-22-18-7-6-16(26-3)13-19(18)27-21/h4-7,12-13H,8-11H2,1-3H3. The Labute approximate surface area is 168 Å². The number of anilines is 1. The summed E-state index contributed by atoms with van der Waals surface area (Å²) in [7, 11) is 0. The summed E-state index contributed by atoms with van der Waals surface area (Å²) in [5.41, 5.74) is 4.06. The molecule has 1 fully saturated rings. The van der Waals surface area contributed by atoms with Gasteiger partial charge in [-0.1, -0.05) is 29.0 Å². The Morgan fingerprint density at radius 1 is 1.07 bits per heavy atom. The van der Waals surface area contributed by atoms with Crippen LogP contribution in [0.1, 0.15) is 21.5 Å². The molecule has 1 aliphatic heterocycles. The minimum atomic E-state index is 0.143. The second-order valence-corrected chi connectivity index (χ2v) is 8.82. The highest BCUT2D eigenvalue weighted by molar-refractivity contribution is 7.98. The number of hydrogen-bond donors (Lipinski definition) is 0. The highest BCUT2D eigenvalue weighted by Crippen LogP contribution is 2.32. The molecule has 1 aromatic heterocycles. The topological polar surface area (TPSA) is 36.4 Å². The van der Waals surface area contributed by atoms with E-state index in [9.17, 15) is 4.79 Å². The minimum absolute atomic E-state index is 0.143. The number of rotatable bonds is 3. The summed E-state index contributed by atoms with van der Waals surface area (Å²) in [6.45, 7) is 7.16. The van der Waals surface area contributed by atoms with E-state index in [2.05, 4.69) is 35.4 Å². The van der Waals surface area contributed by atoms with E-state index in [1.54, 1.807) is 23.1 Å². The number of thiazole rings is 1. The van der Waals surface area contributed by atoms with Crippen molar-refractivity contribution < 1.29 is 4.79 Å². The molecule has 2 aromatic carbocycles. The fourth-order valence-corrected chi connectivity index (χ4v) is 4.96. The van der Waals surface area contributed by atoms with Crippen LogP contribution in [0.3, 0.4) is 0 Å². The number of amides is 1. The lowest BCUT2D eigenvalue weighted by molar-refractivity contribution is 0.0746. The molecule has 1 amide bonds. The van der Waals surface area contributed by atoms with Crippen LogP contribution < -0.4 is 4.90 Å². The molecule has 6 heteroatoms. The van der Waals surface area contributed by atoms with Crippen molar-refractivity contribution in [2.75, 3.05) is 37.3 Å². The molecule has 0 N–H and O–H groups in total. The third kappa shape index (κ3) is 3.69. The molecule has 1 saturated heterocycles. The zero-order valence-electron chi connectivity index (χ0n) is 15.9. The van der Waals surface area contributed by atoms with Gasteiger partial charge in [0.2, 0.25) is 0 Å². The molecule has 0 saturated carbocycles. The Kier molecular flexibility index (Phi) is 5.10. The molecular formula is C21H23N3OS2. The maximum absolute atomic E-state index is 12.9. The summed E-state index contributed by atoms with van der Waals surface area (Å²) in [5, 5.41) is 1.06. The highest BCUT2D eigenvalue weighted by Gasteiger charge is 2.24. The van der Waals surface area contributed by atoms with E-state index in [1.165, 1.54) is 9.60 Å². The first kappa shape index (κ1) is 18.3. The summed E-state index contributed by atoms with van der Waals surface area (Å²) in [6.07, 6.45) is 2.09. The van der Waals surface area contributed by atoms with Crippen molar-refractivity contribution in [2.45, 2.75) is 18.7 Å². The molecule has 0 bridgehead atoms. The largest absolute Gasteiger partial charge is 0.345 e. The summed E-state index contributed by atoms with van der Waals surface area (Å²) in [4.78, 5) is 23.3.